The molecule has 0 saturated heterocycles. The van der Waals surface area contributed by atoms with Gasteiger partial charge in [0.2, 0.25) is 0 Å². The third-order valence-corrected chi connectivity index (χ3v) is 7.45. The lowest BCUT2D eigenvalue weighted by Crippen LogP contribution is -2.29. The number of carbonyl (C=O) groups is 1. The summed E-state index contributed by atoms with van der Waals surface area (Å²) in [6.45, 7) is 2.59. The second-order valence-corrected chi connectivity index (χ2v) is 9.27. The first kappa shape index (κ1) is 21.6. The molecule has 0 fully saturated rings. The lowest BCUT2D eigenvalue weighted by atomic mass is 9.73. The van der Waals surface area contributed by atoms with Crippen LogP contribution in [0.25, 0.3) is 0 Å². The Labute approximate surface area is 198 Å². The van der Waals surface area contributed by atoms with Crippen molar-refractivity contribution in [2.24, 2.45) is 0 Å². The van der Waals surface area contributed by atoms with Gasteiger partial charge in [0.15, 0.2) is 17.3 Å². The molecule has 1 aliphatic carbocycles. The Kier molecular flexibility index (Phi) is 5.85. The molecule has 2 unspecified atom stereocenters. The Hall–Kier alpha value is -3.25. The van der Waals surface area contributed by atoms with E-state index in [1.165, 1.54) is 4.88 Å². The summed E-state index contributed by atoms with van der Waals surface area (Å²) >= 11 is 1.72. The van der Waals surface area contributed by atoms with E-state index in [2.05, 4.69) is 35.0 Å². The molecule has 5 rings (SSSR count). The standard InChI is InChI=1S/C27H27NO4S/c1-4-32-18-9-7-16(8-10-18)26-19-14-23(30-2)24(31-3)15-20(19)28-21-12-17(13-22(29)27(21)26)25-6-5-11-33-25/h5-11,14-15,17,26,28H,4,12-13H2,1-3H3. The number of rotatable bonds is 6. The van der Waals surface area contributed by atoms with E-state index in [1.807, 2.05) is 31.2 Å². The second kappa shape index (κ2) is 8.94. The van der Waals surface area contributed by atoms with Crippen molar-refractivity contribution < 1.29 is 19.0 Å². The van der Waals surface area contributed by atoms with Crippen LogP contribution in [0.1, 0.15) is 47.6 Å². The maximum Gasteiger partial charge on any atom is 0.162 e. The fraction of sp³-hybridized carbons (Fsp3) is 0.296. The predicted molar refractivity (Wildman–Crippen MR) is 131 cm³/mol. The van der Waals surface area contributed by atoms with Crippen molar-refractivity contribution in [2.45, 2.75) is 31.6 Å². The molecule has 2 aliphatic rings. The van der Waals surface area contributed by atoms with Crippen molar-refractivity contribution in [3.8, 4) is 17.2 Å². The lowest BCUT2D eigenvalue weighted by Gasteiger charge is -2.36. The molecule has 0 amide bonds. The number of ketones is 1. The molecule has 3 aromatic rings. The van der Waals surface area contributed by atoms with Gasteiger partial charge in [0.25, 0.3) is 0 Å². The topological polar surface area (TPSA) is 56.8 Å². The maximum absolute atomic E-state index is 13.6. The minimum atomic E-state index is -0.177. The average Bonchev–Trinajstić information content (AvgIpc) is 3.38. The van der Waals surface area contributed by atoms with Crippen molar-refractivity contribution in [3.05, 3.63) is 81.2 Å². The van der Waals surface area contributed by atoms with E-state index in [4.69, 9.17) is 14.2 Å². The number of benzene rings is 2. The van der Waals surface area contributed by atoms with Gasteiger partial charge in [0, 0.05) is 46.2 Å². The number of hydrogen-bond donors (Lipinski definition) is 1. The van der Waals surface area contributed by atoms with Gasteiger partial charge >= 0.3 is 0 Å². The van der Waals surface area contributed by atoms with Gasteiger partial charge in [-0.3, -0.25) is 4.79 Å². The summed E-state index contributed by atoms with van der Waals surface area (Å²) in [5.74, 6) is 2.36. The molecule has 1 aromatic heterocycles. The monoisotopic (exact) mass is 461 g/mol. The van der Waals surface area contributed by atoms with Crippen LogP contribution in [0.3, 0.4) is 0 Å². The van der Waals surface area contributed by atoms with E-state index in [0.717, 1.165) is 40.3 Å². The number of carbonyl (C=O) groups excluding carboxylic acids is 1. The highest BCUT2D eigenvalue weighted by Gasteiger charge is 2.39. The molecule has 0 saturated carbocycles. The number of allylic oxidation sites excluding steroid dienone is 2. The van der Waals surface area contributed by atoms with Crippen molar-refractivity contribution in [2.75, 3.05) is 26.1 Å². The van der Waals surface area contributed by atoms with Gasteiger partial charge in [-0.1, -0.05) is 18.2 Å². The molecule has 2 aromatic carbocycles. The number of methoxy groups -OCH3 is 2. The van der Waals surface area contributed by atoms with Crippen molar-refractivity contribution in [3.63, 3.8) is 0 Å². The molecular formula is C27H27NO4S. The zero-order chi connectivity index (χ0) is 22.9. The normalized spacial score (nSPS) is 19.4. The third kappa shape index (κ3) is 3.89. The Balaban J connectivity index is 1.64. The summed E-state index contributed by atoms with van der Waals surface area (Å²) in [6.07, 6.45) is 1.33. The predicted octanol–water partition coefficient (Wildman–Crippen LogP) is 6.12. The fourth-order valence-corrected chi connectivity index (χ4v) is 5.77. The Bertz CT molecular complexity index is 1200. The highest BCUT2D eigenvalue weighted by Crippen LogP contribution is 2.50. The number of ether oxygens (including phenoxy) is 3. The molecule has 0 radical (unpaired) electrons. The first-order valence-corrected chi connectivity index (χ1v) is 12.1. The van der Waals surface area contributed by atoms with E-state index in [-0.39, 0.29) is 17.6 Å². The van der Waals surface area contributed by atoms with E-state index in [1.54, 1.807) is 25.6 Å². The van der Waals surface area contributed by atoms with E-state index < -0.39 is 0 Å². The van der Waals surface area contributed by atoms with Gasteiger partial charge in [-0.25, -0.2) is 0 Å². The maximum atomic E-state index is 13.6. The zero-order valence-electron chi connectivity index (χ0n) is 19.0. The molecule has 2 atom stereocenters. The summed E-state index contributed by atoms with van der Waals surface area (Å²) in [6, 6.07) is 16.2. The third-order valence-electron chi connectivity index (χ3n) is 6.42. The van der Waals surface area contributed by atoms with E-state index in [9.17, 15) is 4.79 Å². The molecule has 2 heterocycles. The molecule has 0 spiro atoms. The van der Waals surface area contributed by atoms with Crippen LogP contribution >= 0.6 is 11.3 Å². The highest BCUT2D eigenvalue weighted by atomic mass is 32.1. The van der Waals surface area contributed by atoms with E-state index >= 15 is 0 Å². The second-order valence-electron chi connectivity index (χ2n) is 8.29. The molecule has 1 aliphatic heterocycles. The molecule has 6 heteroatoms. The smallest absolute Gasteiger partial charge is 0.162 e. The number of thiophene rings is 1. The Morgan fingerprint density at radius 3 is 2.45 bits per heavy atom. The summed E-state index contributed by atoms with van der Waals surface area (Å²) in [4.78, 5) is 14.9. The fourth-order valence-electron chi connectivity index (χ4n) is 4.94. The first-order valence-electron chi connectivity index (χ1n) is 11.2. The van der Waals surface area contributed by atoms with Gasteiger partial charge < -0.3 is 19.5 Å². The molecule has 33 heavy (non-hydrogen) atoms. The lowest BCUT2D eigenvalue weighted by molar-refractivity contribution is -0.116. The van der Waals surface area contributed by atoms with Crippen LogP contribution in [0.4, 0.5) is 5.69 Å². The van der Waals surface area contributed by atoms with Gasteiger partial charge in [0.1, 0.15) is 5.75 Å². The van der Waals surface area contributed by atoms with Gasteiger partial charge in [-0.15, -0.1) is 11.3 Å². The van der Waals surface area contributed by atoms with Crippen LogP contribution in [-0.4, -0.2) is 26.6 Å². The van der Waals surface area contributed by atoms with Crippen molar-refractivity contribution >= 4 is 22.8 Å². The summed E-state index contributed by atoms with van der Waals surface area (Å²) < 4.78 is 16.8. The van der Waals surface area contributed by atoms with Crippen LogP contribution in [0.15, 0.2) is 65.2 Å². The van der Waals surface area contributed by atoms with Crippen LogP contribution in [0.2, 0.25) is 0 Å². The van der Waals surface area contributed by atoms with E-state index in [0.29, 0.717) is 24.5 Å². The Morgan fingerprint density at radius 2 is 1.79 bits per heavy atom. The number of hydrogen-bond acceptors (Lipinski definition) is 6. The number of fused-ring (bicyclic) bond motifs is 1. The minimum absolute atomic E-state index is 0.177. The Morgan fingerprint density at radius 1 is 1.03 bits per heavy atom. The molecule has 170 valence electrons. The SMILES string of the molecule is CCOc1ccc(C2C3=C(CC(c4cccs4)CC3=O)Nc3cc(OC)c(OC)cc32)cc1. The van der Waals surface area contributed by atoms with Crippen LogP contribution in [0.5, 0.6) is 17.2 Å². The zero-order valence-corrected chi connectivity index (χ0v) is 19.8. The highest BCUT2D eigenvalue weighted by molar-refractivity contribution is 7.10. The molecule has 0 bridgehead atoms. The van der Waals surface area contributed by atoms with Gasteiger partial charge in [-0.2, -0.15) is 0 Å². The average molecular weight is 462 g/mol. The quantitative estimate of drug-likeness (QED) is 0.479. The molecular weight excluding hydrogens is 434 g/mol. The minimum Gasteiger partial charge on any atom is -0.494 e. The van der Waals surface area contributed by atoms with Crippen LogP contribution in [0, 0.1) is 0 Å². The summed E-state index contributed by atoms with van der Waals surface area (Å²) in [7, 11) is 3.27. The largest absolute Gasteiger partial charge is 0.494 e. The van der Waals surface area contributed by atoms with Crippen LogP contribution < -0.4 is 19.5 Å². The van der Waals surface area contributed by atoms with Gasteiger partial charge in [-0.05, 0) is 54.1 Å². The van der Waals surface area contributed by atoms with Crippen molar-refractivity contribution in [1.82, 2.24) is 0 Å². The molecule has 1 N–H and O–H groups in total. The number of Topliss-reactive ketones (excluding diaryl/α,β-unsaturated/α-hetero) is 1. The van der Waals surface area contributed by atoms with Gasteiger partial charge in [0.05, 0.1) is 20.8 Å². The van der Waals surface area contributed by atoms with Crippen LogP contribution in [-0.2, 0) is 4.79 Å². The summed E-state index contributed by atoms with van der Waals surface area (Å²) in [5, 5.41) is 5.66. The first-order chi connectivity index (χ1) is 16.1. The summed E-state index contributed by atoms with van der Waals surface area (Å²) in [5.41, 5.74) is 4.88. The van der Waals surface area contributed by atoms with Crippen molar-refractivity contribution in [1.29, 1.82) is 0 Å². The number of nitrogens with one attached hydrogen (secondary N) is 1. The number of anilines is 1. The molecule has 5 nitrogen and oxygen atoms in total.